The van der Waals surface area contributed by atoms with E-state index in [9.17, 15) is 5.11 Å². The summed E-state index contributed by atoms with van der Waals surface area (Å²) >= 11 is 0. The van der Waals surface area contributed by atoms with Gasteiger partial charge in [0.15, 0.2) is 0 Å². The maximum atomic E-state index is 10.8. The highest BCUT2D eigenvalue weighted by Crippen LogP contribution is 2.31. The zero-order chi connectivity index (χ0) is 13.8. The first-order valence-corrected chi connectivity index (χ1v) is 7.33. The first-order valence-electron chi connectivity index (χ1n) is 7.33. The average Bonchev–Trinajstić information content (AvgIpc) is 2.49. The zero-order valence-corrected chi connectivity index (χ0v) is 11.7. The van der Waals surface area contributed by atoms with Crippen LogP contribution >= 0.6 is 0 Å². The van der Waals surface area contributed by atoms with Crippen molar-refractivity contribution >= 4 is 0 Å². The van der Waals surface area contributed by atoms with Gasteiger partial charge in [-0.05, 0) is 49.0 Å². The van der Waals surface area contributed by atoms with Crippen molar-refractivity contribution in [3.63, 3.8) is 0 Å². The SMILES string of the molecule is OC1(c2cccc(Cc3ccccc3)c2)CCNCC1. The van der Waals surface area contributed by atoms with Crippen LogP contribution in [-0.4, -0.2) is 18.2 Å². The second-order valence-corrected chi connectivity index (χ2v) is 5.64. The van der Waals surface area contributed by atoms with E-state index < -0.39 is 5.60 Å². The van der Waals surface area contributed by atoms with E-state index in [1.165, 1.54) is 11.1 Å². The van der Waals surface area contributed by atoms with Crippen LogP contribution in [0.3, 0.4) is 0 Å². The van der Waals surface area contributed by atoms with Crippen LogP contribution in [0.2, 0.25) is 0 Å². The molecule has 0 unspecified atom stereocenters. The van der Waals surface area contributed by atoms with E-state index >= 15 is 0 Å². The fraction of sp³-hybridized carbons (Fsp3) is 0.333. The molecule has 104 valence electrons. The van der Waals surface area contributed by atoms with Crippen LogP contribution in [0, 0.1) is 0 Å². The minimum absolute atomic E-state index is 0.655. The molecular formula is C18H21NO. The molecule has 1 heterocycles. The highest BCUT2D eigenvalue weighted by atomic mass is 16.3. The Kier molecular flexibility index (Phi) is 3.86. The Balaban J connectivity index is 1.82. The van der Waals surface area contributed by atoms with Crippen molar-refractivity contribution in [3.8, 4) is 0 Å². The molecule has 3 rings (SSSR count). The second-order valence-electron chi connectivity index (χ2n) is 5.64. The van der Waals surface area contributed by atoms with Gasteiger partial charge in [0.1, 0.15) is 0 Å². The quantitative estimate of drug-likeness (QED) is 0.896. The molecule has 2 N–H and O–H groups in total. The Morgan fingerprint density at radius 2 is 1.60 bits per heavy atom. The van der Waals surface area contributed by atoms with Gasteiger partial charge in [0, 0.05) is 0 Å². The van der Waals surface area contributed by atoms with Gasteiger partial charge in [-0.25, -0.2) is 0 Å². The van der Waals surface area contributed by atoms with Gasteiger partial charge in [0.25, 0.3) is 0 Å². The van der Waals surface area contributed by atoms with E-state index in [0.29, 0.717) is 0 Å². The van der Waals surface area contributed by atoms with Crippen LogP contribution in [0.4, 0.5) is 0 Å². The molecule has 1 aliphatic heterocycles. The zero-order valence-electron chi connectivity index (χ0n) is 11.7. The third-order valence-corrected chi connectivity index (χ3v) is 4.15. The van der Waals surface area contributed by atoms with Gasteiger partial charge >= 0.3 is 0 Å². The highest BCUT2D eigenvalue weighted by Gasteiger charge is 2.30. The van der Waals surface area contributed by atoms with E-state index in [1.54, 1.807) is 0 Å². The van der Waals surface area contributed by atoms with Crippen LogP contribution in [0.25, 0.3) is 0 Å². The van der Waals surface area contributed by atoms with Gasteiger partial charge in [-0.1, -0.05) is 54.6 Å². The van der Waals surface area contributed by atoms with Crippen molar-refractivity contribution in [1.29, 1.82) is 0 Å². The van der Waals surface area contributed by atoms with Crippen molar-refractivity contribution in [2.75, 3.05) is 13.1 Å². The summed E-state index contributed by atoms with van der Waals surface area (Å²) < 4.78 is 0. The molecule has 0 amide bonds. The first kappa shape index (κ1) is 13.3. The Morgan fingerprint density at radius 1 is 0.900 bits per heavy atom. The summed E-state index contributed by atoms with van der Waals surface area (Å²) in [6, 6.07) is 18.9. The molecule has 0 atom stereocenters. The van der Waals surface area contributed by atoms with E-state index in [1.807, 2.05) is 6.07 Å². The fourth-order valence-electron chi connectivity index (χ4n) is 2.93. The summed E-state index contributed by atoms with van der Waals surface area (Å²) in [5, 5.41) is 14.1. The summed E-state index contributed by atoms with van der Waals surface area (Å²) in [4.78, 5) is 0. The van der Waals surface area contributed by atoms with E-state index in [-0.39, 0.29) is 0 Å². The maximum absolute atomic E-state index is 10.8. The summed E-state index contributed by atoms with van der Waals surface area (Å²) in [5.41, 5.74) is 2.98. The Hall–Kier alpha value is -1.64. The van der Waals surface area contributed by atoms with Crippen LogP contribution in [0.5, 0.6) is 0 Å². The number of piperidine rings is 1. The topological polar surface area (TPSA) is 32.3 Å². The lowest BCUT2D eigenvalue weighted by atomic mass is 9.84. The Bertz CT molecular complexity index is 559. The molecule has 1 saturated heterocycles. The van der Waals surface area contributed by atoms with Crippen molar-refractivity contribution < 1.29 is 5.11 Å². The van der Waals surface area contributed by atoms with E-state index in [2.05, 4.69) is 53.8 Å². The van der Waals surface area contributed by atoms with Gasteiger partial charge in [-0.15, -0.1) is 0 Å². The molecule has 0 spiro atoms. The number of rotatable bonds is 3. The molecule has 0 aromatic heterocycles. The summed E-state index contributed by atoms with van der Waals surface area (Å²) in [7, 11) is 0. The highest BCUT2D eigenvalue weighted by molar-refractivity contribution is 5.32. The smallest absolute Gasteiger partial charge is 0.0920 e. The molecule has 2 heteroatoms. The van der Waals surface area contributed by atoms with Gasteiger partial charge in [0.2, 0.25) is 0 Å². The lowest BCUT2D eigenvalue weighted by molar-refractivity contribution is 0.00588. The number of benzene rings is 2. The van der Waals surface area contributed by atoms with Gasteiger partial charge in [-0.2, -0.15) is 0 Å². The molecule has 0 saturated carbocycles. The monoisotopic (exact) mass is 267 g/mol. The normalized spacial score (nSPS) is 17.9. The van der Waals surface area contributed by atoms with Crippen molar-refractivity contribution in [3.05, 3.63) is 71.3 Å². The van der Waals surface area contributed by atoms with Crippen LogP contribution in [0.1, 0.15) is 29.5 Å². The molecule has 0 aliphatic carbocycles. The Labute approximate surface area is 120 Å². The molecule has 1 aliphatic rings. The standard InChI is InChI=1S/C18H21NO/c20-18(9-11-19-12-10-18)17-8-4-7-16(14-17)13-15-5-2-1-3-6-15/h1-8,14,19-20H,9-13H2. The van der Waals surface area contributed by atoms with E-state index in [4.69, 9.17) is 0 Å². The largest absolute Gasteiger partial charge is 0.385 e. The van der Waals surface area contributed by atoms with Gasteiger partial charge in [0.05, 0.1) is 5.60 Å². The fourth-order valence-corrected chi connectivity index (χ4v) is 2.93. The molecule has 1 fully saturated rings. The second kappa shape index (κ2) is 5.78. The minimum Gasteiger partial charge on any atom is -0.385 e. The summed E-state index contributed by atoms with van der Waals surface area (Å²) in [6.07, 6.45) is 2.51. The molecule has 2 aromatic carbocycles. The third kappa shape index (κ3) is 2.92. The average molecular weight is 267 g/mol. The van der Waals surface area contributed by atoms with Gasteiger partial charge in [-0.3, -0.25) is 0 Å². The molecule has 0 bridgehead atoms. The van der Waals surface area contributed by atoms with Crippen molar-refractivity contribution in [2.45, 2.75) is 24.9 Å². The van der Waals surface area contributed by atoms with Crippen LogP contribution < -0.4 is 5.32 Å². The van der Waals surface area contributed by atoms with E-state index in [0.717, 1.165) is 37.9 Å². The molecule has 2 aromatic rings. The lowest BCUT2D eigenvalue weighted by Gasteiger charge is -2.33. The van der Waals surface area contributed by atoms with Crippen molar-refractivity contribution in [1.82, 2.24) is 5.32 Å². The lowest BCUT2D eigenvalue weighted by Crippen LogP contribution is -2.39. The minimum atomic E-state index is -0.655. The number of aliphatic hydroxyl groups is 1. The van der Waals surface area contributed by atoms with Crippen molar-refractivity contribution in [2.24, 2.45) is 0 Å². The number of nitrogens with one attached hydrogen (secondary N) is 1. The molecule has 20 heavy (non-hydrogen) atoms. The predicted molar refractivity (Wildman–Crippen MR) is 81.7 cm³/mol. The maximum Gasteiger partial charge on any atom is 0.0920 e. The third-order valence-electron chi connectivity index (χ3n) is 4.15. The molecule has 2 nitrogen and oxygen atoms in total. The summed E-state index contributed by atoms with van der Waals surface area (Å²) in [6.45, 7) is 1.78. The van der Waals surface area contributed by atoms with Gasteiger partial charge < -0.3 is 10.4 Å². The van der Waals surface area contributed by atoms with Crippen LogP contribution in [0.15, 0.2) is 54.6 Å². The van der Waals surface area contributed by atoms with Crippen LogP contribution in [-0.2, 0) is 12.0 Å². The first-order chi connectivity index (χ1) is 9.76. The number of hydrogen-bond acceptors (Lipinski definition) is 2. The number of hydrogen-bond donors (Lipinski definition) is 2. The summed E-state index contributed by atoms with van der Waals surface area (Å²) in [5.74, 6) is 0. The predicted octanol–water partition coefficient (Wildman–Crippen LogP) is 2.85. The molecule has 0 radical (unpaired) electrons. The Morgan fingerprint density at radius 3 is 2.35 bits per heavy atom. The molecular weight excluding hydrogens is 246 g/mol.